The SMILES string of the molecule is CCNC(=NCc1ccsc1)NCc1cc(OC)ccc1OC(F)F. The Labute approximate surface area is 149 Å². The van der Waals surface area contributed by atoms with Gasteiger partial charge < -0.3 is 20.1 Å². The molecule has 2 aromatic rings. The van der Waals surface area contributed by atoms with E-state index in [2.05, 4.69) is 20.4 Å². The number of nitrogens with zero attached hydrogens (tertiary/aromatic N) is 1. The first-order valence-corrected chi connectivity index (χ1v) is 8.71. The molecule has 0 unspecified atom stereocenters. The Morgan fingerprint density at radius 2 is 2.12 bits per heavy atom. The van der Waals surface area contributed by atoms with Crippen LogP contribution < -0.4 is 20.1 Å². The quantitative estimate of drug-likeness (QED) is 0.551. The number of aliphatic imine (C=N–C) groups is 1. The van der Waals surface area contributed by atoms with E-state index < -0.39 is 6.61 Å². The highest BCUT2D eigenvalue weighted by atomic mass is 32.1. The maximum absolute atomic E-state index is 12.6. The van der Waals surface area contributed by atoms with E-state index in [9.17, 15) is 8.78 Å². The predicted molar refractivity (Wildman–Crippen MR) is 95.6 cm³/mol. The van der Waals surface area contributed by atoms with Crippen LogP contribution in [-0.4, -0.2) is 26.2 Å². The standard InChI is InChI=1S/C17H21F2N3O2S/c1-3-20-17(21-9-12-6-7-25-11-12)22-10-13-8-14(23-2)4-5-15(13)24-16(18)19/h4-8,11,16H,3,9-10H2,1-2H3,(H2,20,21,22). The van der Waals surface area contributed by atoms with Crippen LogP contribution in [0.3, 0.4) is 0 Å². The Morgan fingerprint density at radius 3 is 2.76 bits per heavy atom. The molecule has 0 amide bonds. The van der Waals surface area contributed by atoms with Gasteiger partial charge in [0, 0.05) is 18.7 Å². The third-order valence-corrected chi connectivity index (χ3v) is 4.01. The number of alkyl halides is 2. The van der Waals surface area contributed by atoms with E-state index in [1.165, 1.54) is 13.2 Å². The van der Waals surface area contributed by atoms with E-state index >= 15 is 0 Å². The average Bonchev–Trinajstić information content (AvgIpc) is 3.11. The molecule has 1 aromatic heterocycles. The number of guanidine groups is 1. The van der Waals surface area contributed by atoms with Gasteiger partial charge in [-0.25, -0.2) is 4.99 Å². The lowest BCUT2D eigenvalue weighted by Crippen LogP contribution is -2.36. The molecule has 0 radical (unpaired) electrons. The van der Waals surface area contributed by atoms with Crippen molar-refractivity contribution < 1.29 is 18.3 Å². The predicted octanol–water partition coefficient (Wildman–Crippen LogP) is 3.61. The number of rotatable bonds is 8. The van der Waals surface area contributed by atoms with Gasteiger partial charge in [-0.15, -0.1) is 0 Å². The second-order valence-corrected chi connectivity index (χ2v) is 5.81. The summed E-state index contributed by atoms with van der Waals surface area (Å²) in [7, 11) is 1.52. The summed E-state index contributed by atoms with van der Waals surface area (Å²) >= 11 is 1.62. The normalized spacial score (nSPS) is 11.5. The number of hydrogen-bond acceptors (Lipinski definition) is 4. The molecule has 5 nitrogen and oxygen atoms in total. The van der Waals surface area contributed by atoms with Crippen molar-refractivity contribution in [3.05, 3.63) is 46.2 Å². The monoisotopic (exact) mass is 369 g/mol. The van der Waals surface area contributed by atoms with Crippen molar-refractivity contribution in [3.8, 4) is 11.5 Å². The minimum Gasteiger partial charge on any atom is -0.497 e. The van der Waals surface area contributed by atoms with E-state index in [-0.39, 0.29) is 12.3 Å². The Balaban J connectivity index is 2.08. The van der Waals surface area contributed by atoms with Crippen LogP contribution in [-0.2, 0) is 13.1 Å². The number of thiophene rings is 1. The van der Waals surface area contributed by atoms with E-state index in [1.54, 1.807) is 23.5 Å². The number of nitrogens with one attached hydrogen (secondary N) is 2. The van der Waals surface area contributed by atoms with E-state index in [1.807, 2.05) is 23.8 Å². The lowest BCUT2D eigenvalue weighted by molar-refractivity contribution is -0.0504. The van der Waals surface area contributed by atoms with Gasteiger partial charge in [0.25, 0.3) is 0 Å². The Kier molecular flexibility index (Phi) is 7.46. The van der Waals surface area contributed by atoms with Crippen molar-refractivity contribution in [2.45, 2.75) is 26.6 Å². The van der Waals surface area contributed by atoms with Gasteiger partial charge in [-0.3, -0.25) is 0 Å². The van der Waals surface area contributed by atoms with Gasteiger partial charge in [-0.1, -0.05) is 0 Å². The number of benzene rings is 1. The Bertz CT molecular complexity index is 679. The minimum absolute atomic E-state index is 0.108. The van der Waals surface area contributed by atoms with Crippen LogP contribution in [0.1, 0.15) is 18.1 Å². The second kappa shape index (κ2) is 9.83. The van der Waals surface area contributed by atoms with Gasteiger partial charge in [0.2, 0.25) is 0 Å². The highest BCUT2D eigenvalue weighted by molar-refractivity contribution is 7.07. The molecule has 0 bridgehead atoms. The average molecular weight is 369 g/mol. The fraction of sp³-hybridized carbons (Fsp3) is 0.353. The van der Waals surface area contributed by atoms with Crippen molar-refractivity contribution in [2.75, 3.05) is 13.7 Å². The first kappa shape index (κ1) is 19.0. The number of ether oxygens (including phenoxy) is 2. The van der Waals surface area contributed by atoms with Crippen molar-refractivity contribution in [1.82, 2.24) is 10.6 Å². The molecule has 0 aliphatic heterocycles. The number of hydrogen-bond donors (Lipinski definition) is 2. The van der Waals surface area contributed by atoms with E-state index in [4.69, 9.17) is 4.74 Å². The molecule has 1 aromatic carbocycles. The molecule has 0 saturated carbocycles. The van der Waals surface area contributed by atoms with E-state index in [0.717, 1.165) is 5.56 Å². The lowest BCUT2D eigenvalue weighted by atomic mass is 10.2. The molecule has 0 spiro atoms. The van der Waals surface area contributed by atoms with Crippen molar-refractivity contribution in [2.24, 2.45) is 4.99 Å². The van der Waals surface area contributed by atoms with Gasteiger partial charge in [-0.2, -0.15) is 20.1 Å². The van der Waals surface area contributed by atoms with Crippen LogP contribution in [0.15, 0.2) is 40.0 Å². The van der Waals surface area contributed by atoms with Gasteiger partial charge in [0.05, 0.1) is 13.7 Å². The molecular weight excluding hydrogens is 348 g/mol. The zero-order valence-corrected chi connectivity index (χ0v) is 14.9. The first-order valence-electron chi connectivity index (χ1n) is 7.77. The van der Waals surface area contributed by atoms with Gasteiger partial charge in [0.1, 0.15) is 11.5 Å². The summed E-state index contributed by atoms with van der Waals surface area (Å²) in [4.78, 5) is 4.49. The number of methoxy groups -OCH3 is 1. The topological polar surface area (TPSA) is 54.9 Å². The van der Waals surface area contributed by atoms with Gasteiger partial charge >= 0.3 is 6.61 Å². The van der Waals surface area contributed by atoms with Crippen molar-refractivity contribution in [1.29, 1.82) is 0 Å². The maximum atomic E-state index is 12.6. The summed E-state index contributed by atoms with van der Waals surface area (Å²) in [6.07, 6.45) is 0. The van der Waals surface area contributed by atoms with Gasteiger partial charge in [-0.05, 0) is 47.5 Å². The van der Waals surface area contributed by atoms with Gasteiger partial charge in [0.15, 0.2) is 5.96 Å². The highest BCUT2D eigenvalue weighted by Crippen LogP contribution is 2.25. The smallest absolute Gasteiger partial charge is 0.387 e. The summed E-state index contributed by atoms with van der Waals surface area (Å²) in [6, 6.07) is 6.72. The van der Waals surface area contributed by atoms with Crippen molar-refractivity contribution >= 4 is 17.3 Å². The fourth-order valence-electron chi connectivity index (χ4n) is 2.11. The molecule has 0 aliphatic rings. The molecule has 0 saturated heterocycles. The van der Waals surface area contributed by atoms with Crippen LogP contribution in [0.2, 0.25) is 0 Å². The minimum atomic E-state index is -2.88. The highest BCUT2D eigenvalue weighted by Gasteiger charge is 2.11. The second-order valence-electron chi connectivity index (χ2n) is 5.03. The zero-order valence-electron chi connectivity index (χ0n) is 14.1. The molecular formula is C17H21F2N3O2S. The maximum Gasteiger partial charge on any atom is 0.387 e. The largest absolute Gasteiger partial charge is 0.497 e. The molecule has 2 N–H and O–H groups in total. The van der Waals surface area contributed by atoms with Crippen LogP contribution in [0, 0.1) is 0 Å². The van der Waals surface area contributed by atoms with Crippen LogP contribution in [0.4, 0.5) is 8.78 Å². The third-order valence-electron chi connectivity index (χ3n) is 3.27. The molecule has 25 heavy (non-hydrogen) atoms. The molecule has 136 valence electrons. The summed E-state index contributed by atoms with van der Waals surface area (Å²) < 4.78 is 34.9. The van der Waals surface area contributed by atoms with E-state index in [0.29, 0.717) is 30.4 Å². The lowest BCUT2D eigenvalue weighted by Gasteiger charge is -2.15. The van der Waals surface area contributed by atoms with Crippen molar-refractivity contribution in [3.63, 3.8) is 0 Å². The molecule has 0 fully saturated rings. The molecule has 0 aliphatic carbocycles. The van der Waals surface area contributed by atoms with Crippen LogP contribution in [0.5, 0.6) is 11.5 Å². The van der Waals surface area contributed by atoms with Crippen LogP contribution in [0.25, 0.3) is 0 Å². The number of halogens is 2. The zero-order chi connectivity index (χ0) is 18.1. The molecule has 2 rings (SSSR count). The summed E-state index contributed by atoms with van der Waals surface area (Å²) in [6.45, 7) is 0.575. The fourth-order valence-corrected chi connectivity index (χ4v) is 2.77. The van der Waals surface area contributed by atoms with Crippen LogP contribution >= 0.6 is 11.3 Å². The molecule has 8 heteroatoms. The molecule has 1 heterocycles. The third kappa shape index (κ3) is 6.22. The summed E-state index contributed by atoms with van der Waals surface area (Å²) in [5.74, 6) is 1.27. The summed E-state index contributed by atoms with van der Waals surface area (Å²) in [5, 5.41) is 10.3. The molecule has 0 atom stereocenters. The first-order chi connectivity index (χ1) is 12.1. The summed E-state index contributed by atoms with van der Waals surface area (Å²) in [5.41, 5.74) is 1.67. The Morgan fingerprint density at radius 1 is 1.28 bits per heavy atom. The Hall–Kier alpha value is -2.35.